The van der Waals surface area contributed by atoms with Gasteiger partial charge >= 0.3 is 11.9 Å². The summed E-state index contributed by atoms with van der Waals surface area (Å²) < 4.78 is 22.8. The molecule has 0 aromatic heterocycles. The third-order valence-electron chi connectivity index (χ3n) is 4.78. The zero-order chi connectivity index (χ0) is 22.2. The van der Waals surface area contributed by atoms with Gasteiger partial charge in [0.15, 0.2) is 18.5 Å². The summed E-state index contributed by atoms with van der Waals surface area (Å²) >= 11 is 0. The van der Waals surface area contributed by atoms with Crippen LogP contribution in [0.1, 0.15) is 34.6 Å². The molecule has 0 radical (unpaired) electrons. The van der Waals surface area contributed by atoms with Gasteiger partial charge in [-0.25, -0.2) is 9.59 Å². The minimum absolute atomic E-state index is 0.266. The van der Waals surface area contributed by atoms with Gasteiger partial charge in [-0.05, 0) is 43.6 Å². The summed E-state index contributed by atoms with van der Waals surface area (Å²) in [5.74, 6) is -1.29. The minimum Gasteiger partial charge on any atom is -0.454 e. The van der Waals surface area contributed by atoms with E-state index in [1.54, 1.807) is 74.5 Å². The molecule has 9 nitrogen and oxygen atoms in total. The van der Waals surface area contributed by atoms with Crippen molar-refractivity contribution in [3.05, 3.63) is 82.2 Å². The summed E-state index contributed by atoms with van der Waals surface area (Å²) in [5.41, 5.74) is 9.66. The predicted molar refractivity (Wildman–Crippen MR) is 110 cm³/mol. The Bertz CT molecular complexity index is 933. The molecule has 162 valence electrons. The third kappa shape index (κ3) is 5.40. The fourth-order valence-electron chi connectivity index (χ4n) is 3.29. The Kier molecular flexibility index (Phi) is 7.61. The van der Waals surface area contributed by atoms with Crippen molar-refractivity contribution in [1.82, 2.24) is 0 Å². The van der Waals surface area contributed by atoms with Crippen LogP contribution in [0.3, 0.4) is 0 Å². The van der Waals surface area contributed by atoms with Crippen LogP contribution in [0.15, 0.2) is 65.8 Å². The van der Waals surface area contributed by atoms with E-state index in [4.69, 9.17) is 24.5 Å². The molecule has 2 aromatic rings. The minimum atomic E-state index is -1.15. The van der Waals surface area contributed by atoms with Gasteiger partial charge < -0.3 is 18.9 Å². The molecular weight excluding hydrogens is 402 g/mol. The number of carbonyl (C=O) groups is 2. The lowest BCUT2D eigenvalue weighted by atomic mass is 9.97. The van der Waals surface area contributed by atoms with E-state index in [9.17, 15) is 9.59 Å². The largest absolute Gasteiger partial charge is 0.454 e. The van der Waals surface area contributed by atoms with Crippen LogP contribution in [0.4, 0.5) is 0 Å². The van der Waals surface area contributed by atoms with Crippen LogP contribution in [0.5, 0.6) is 0 Å². The average Bonchev–Trinajstić information content (AvgIpc) is 2.79. The summed E-state index contributed by atoms with van der Waals surface area (Å²) in [6, 6.07) is 15.8. The van der Waals surface area contributed by atoms with E-state index >= 15 is 0 Å². The van der Waals surface area contributed by atoms with Crippen molar-refractivity contribution in [3.63, 3.8) is 0 Å². The Balaban J connectivity index is 1.93. The molecule has 1 fully saturated rings. The maximum absolute atomic E-state index is 12.8. The molecule has 0 unspecified atom stereocenters. The van der Waals surface area contributed by atoms with Gasteiger partial charge in [-0.2, -0.15) is 0 Å². The Morgan fingerprint density at radius 2 is 1.48 bits per heavy atom. The Labute approximate surface area is 179 Å². The molecule has 5 atom stereocenters. The lowest BCUT2D eigenvalue weighted by Crippen LogP contribution is -2.59. The van der Waals surface area contributed by atoms with Crippen molar-refractivity contribution in [3.8, 4) is 0 Å². The van der Waals surface area contributed by atoms with E-state index < -0.39 is 42.6 Å². The second-order valence-electron chi connectivity index (χ2n) is 6.83. The summed E-state index contributed by atoms with van der Waals surface area (Å²) in [7, 11) is 0. The number of esters is 2. The summed E-state index contributed by atoms with van der Waals surface area (Å²) in [4.78, 5) is 28.3. The van der Waals surface area contributed by atoms with E-state index in [1.165, 1.54) is 0 Å². The maximum atomic E-state index is 12.8. The molecule has 0 N–H and O–H groups in total. The van der Waals surface area contributed by atoms with Crippen molar-refractivity contribution in [2.45, 2.75) is 44.5 Å². The van der Waals surface area contributed by atoms with Crippen molar-refractivity contribution in [2.75, 3.05) is 6.61 Å². The first-order chi connectivity index (χ1) is 15.0. The Morgan fingerprint density at radius 3 is 1.97 bits per heavy atom. The zero-order valence-corrected chi connectivity index (χ0v) is 17.2. The van der Waals surface area contributed by atoms with Gasteiger partial charge in [0.2, 0.25) is 0 Å². The predicted octanol–water partition coefficient (Wildman–Crippen LogP) is 3.90. The van der Waals surface area contributed by atoms with Crippen LogP contribution in [0.25, 0.3) is 10.4 Å². The highest BCUT2D eigenvalue weighted by atomic mass is 16.7. The van der Waals surface area contributed by atoms with Gasteiger partial charge in [0.1, 0.15) is 6.04 Å². The van der Waals surface area contributed by atoms with Gasteiger partial charge in [-0.1, -0.05) is 41.5 Å². The molecule has 0 bridgehead atoms. The lowest BCUT2D eigenvalue weighted by molar-refractivity contribution is -0.266. The first-order valence-corrected chi connectivity index (χ1v) is 9.88. The normalized spacial score (nSPS) is 25.2. The number of hydrogen-bond donors (Lipinski definition) is 0. The summed E-state index contributed by atoms with van der Waals surface area (Å²) in [6.07, 6.45) is -3.91. The molecule has 9 heteroatoms. The van der Waals surface area contributed by atoms with E-state index in [0.717, 1.165) is 0 Å². The van der Waals surface area contributed by atoms with E-state index in [1.807, 2.05) is 0 Å². The van der Waals surface area contributed by atoms with Crippen molar-refractivity contribution < 1.29 is 28.5 Å². The number of carbonyl (C=O) groups excluding carboxylic acids is 2. The van der Waals surface area contributed by atoms with Crippen LogP contribution in [-0.4, -0.2) is 49.2 Å². The fourth-order valence-corrected chi connectivity index (χ4v) is 3.29. The second-order valence-corrected chi connectivity index (χ2v) is 6.83. The highest BCUT2D eigenvalue weighted by molar-refractivity contribution is 5.90. The van der Waals surface area contributed by atoms with Crippen molar-refractivity contribution in [1.29, 1.82) is 0 Å². The van der Waals surface area contributed by atoms with Gasteiger partial charge in [-0.3, -0.25) is 0 Å². The number of hydrogen-bond acceptors (Lipinski definition) is 7. The smallest absolute Gasteiger partial charge is 0.338 e. The molecule has 31 heavy (non-hydrogen) atoms. The van der Waals surface area contributed by atoms with Crippen molar-refractivity contribution in [2.24, 2.45) is 5.11 Å². The van der Waals surface area contributed by atoms with Crippen LogP contribution in [0.2, 0.25) is 0 Å². The van der Waals surface area contributed by atoms with Crippen LogP contribution in [0, 0.1) is 0 Å². The molecule has 3 rings (SSSR count). The number of rotatable bonds is 7. The van der Waals surface area contributed by atoms with Crippen LogP contribution >= 0.6 is 0 Å². The fraction of sp³-hybridized carbons (Fsp3) is 0.364. The van der Waals surface area contributed by atoms with Gasteiger partial charge in [0.25, 0.3) is 0 Å². The van der Waals surface area contributed by atoms with Crippen molar-refractivity contribution >= 4 is 11.9 Å². The molecule has 0 amide bonds. The van der Waals surface area contributed by atoms with E-state index in [0.29, 0.717) is 11.1 Å². The molecule has 1 aliphatic heterocycles. The molecule has 2 aromatic carbocycles. The molecule has 0 aliphatic carbocycles. The number of benzene rings is 2. The number of nitrogens with zero attached hydrogens (tertiary/aromatic N) is 3. The van der Waals surface area contributed by atoms with Gasteiger partial charge in [0, 0.05) is 11.5 Å². The maximum Gasteiger partial charge on any atom is 0.338 e. The SMILES string of the molecule is CCO[C@H]1O[C@H](C)[C@@H](N=[N+]=[N-])[C@H](OC(=O)c2ccccc2)[C@@H]1OC(=O)c1ccccc1. The molecular formula is C22H23N3O6. The van der Waals surface area contributed by atoms with E-state index in [2.05, 4.69) is 10.0 Å². The second kappa shape index (κ2) is 10.6. The van der Waals surface area contributed by atoms with Gasteiger partial charge in [-0.15, -0.1) is 0 Å². The van der Waals surface area contributed by atoms with E-state index in [-0.39, 0.29) is 6.61 Å². The highest BCUT2D eigenvalue weighted by Gasteiger charge is 2.49. The first-order valence-electron chi connectivity index (χ1n) is 9.88. The average molecular weight is 425 g/mol. The molecule has 1 aliphatic rings. The van der Waals surface area contributed by atoms with Crippen LogP contribution in [-0.2, 0) is 18.9 Å². The summed E-state index contributed by atoms with van der Waals surface area (Å²) in [5, 5.41) is 3.75. The topological polar surface area (TPSA) is 120 Å². The standard InChI is InChI=1S/C22H23N3O6/c1-3-28-22-19(31-21(27)16-12-8-5-9-13-16)18(17(24-25-23)14(2)29-22)30-20(26)15-10-6-4-7-11-15/h4-14,17-19,22H,3H2,1-2H3/t14-,17-,18+,19+,22+/m1/s1. The lowest BCUT2D eigenvalue weighted by Gasteiger charge is -2.42. The Morgan fingerprint density at radius 1 is 0.968 bits per heavy atom. The highest BCUT2D eigenvalue weighted by Crippen LogP contribution is 2.30. The molecule has 1 heterocycles. The Hall–Kier alpha value is -3.39. The number of ether oxygens (including phenoxy) is 4. The monoisotopic (exact) mass is 425 g/mol. The molecule has 1 saturated heterocycles. The number of azide groups is 1. The first kappa shape index (κ1) is 22.3. The molecule has 0 saturated carbocycles. The van der Waals surface area contributed by atoms with Crippen LogP contribution < -0.4 is 0 Å². The quantitative estimate of drug-likeness (QED) is 0.287. The third-order valence-corrected chi connectivity index (χ3v) is 4.78. The molecule has 0 spiro atoms. The summed E-state index contributed by atoms with van der Waals surface area (Å²) in [6.45, 7) is 3.70. The zero-order valence-electron chi connectivity index (χ0n) is 17.2. The van der Waals surface area contributed by atoms with Gasteiger partial charge in [0.05, 0.1) is 17.2 Å².